The van der Waals surface area contributed by atoms with Crippen molar-refractivity contribution in [3.63, 3.8) is 0 Å². The number of hydrogen-bond acceptors (Lipinski definition) is 4. The van der Waals surface area contributed by atoms with Crippen molar-refractivity contribution < 1.29 is 8.91 Å². The minimum absolute atomic E-state index is 0.290. The van der Waals surface area contributed by atoms with E-state index in [0.29, 0.717) is 28.1 Å². The average Bonchev–Trinajstić information content (AvgIpc) is 3.36. The molecule has 0 aliphatic carbocycles. The fraction of sp³-hybridized carbons (Fsp3) is 0.207. The van der Waals surface area contributed by atoms with Crippen molar-refractivity contribution in [2.75, 3.05) is 4.90 Å². The second-order valence-corrected chi connectivity index (χ2v) is 9.42. The number of allylic oxidation sites excluding steroid dienone is 1. The standard InChI is InChI=1S/C29H27FN4OS/c1-5-20-10-12-21(13-11-20)26-25(28-32-27(33-35-28)22-8-6-7-17(2)15-22)19(4)34(29(36)31-26)23-14-9-18(3)24(30)16-23/h6-16,26H,5H2,1-4H3,(H,31,36). The maximum atomic E-state index is 14.5. The van der Waals surface area contributed by atoms with E-state index in [1.807, 2.05) is 49.1 Å². The van der Waals surface area contributed by atoms with Gasteiger partial charge in [-0.05, 0) is 74.3 Å². The van der Waals surface area contributed by atoms with Crippen LogP contribution >= 0.6 is 12.2 Å². The molecule has 1 N–H and O–H groups in total. The van der Waals surface area contributed by atoms with E-state index < -0.39 is 0 Å². The number of aromatic nitrogens is 2. The molecule has 1 atom stereocenters. The highest BCUT2D eigenvalue weighted by Crippen LogP contribution is 2.39. The molecule has 1 aromatic heterocycles. The van der Waals surface area contributed by atoms with Crippen molar-refractivity contribution in [1.29, 1.82) is 0 Å². The fourth-order valence-electron chi connectivity index (χ4n) is 4.48. The Kier molecular flexibility index (Phi) is 6.41. The molecule has 4 aromatic rings. The van der Waals surface area contributed by atoms with E-state index in [2.05, 4.69) is 41.7 Å². The molecule has 3 aromatic carbocycles. The van der Waals surface area contributed by atoms with Crippen molar-refractivity contribution >= 4 is 28.6 Å². The number of anilines is 1. The molecule has 1 aliphatic rings. The lowest BCUT2D eigenvalue weighted by Crippen LogP contribution is -2.46. The first kappa shape index (κ1) is 23.9. The molecule has 1 aliphatic heterocycles. The van der Waals surface area contributed by atoms with Crippen LogP contribution in [0.25, 0.3) is 17.0 Å². The maximum absolute atomic E-state index is 14.5. The van der Waals surface area contributed by atoms with Crippen LogP contribution in [-0.2, 0) is 6.42 Å². The number of thiocarbonyl (C=S) groups is 1. The molecule has 36 heavy (non-hydrogen) atoms. The van der Waals surface area contributed by atoms with Gasteiger partial charge in [0.25, 0.3) is 5.89 Å². The monoisotopic (exact) mass is 498 g/mol. The Morgan fingerprint density at radius 2 is 1.81 bits per heavy atom. The zero-order chi connectivity index (χ0) is 25.4. The highest BCUT2D eigenvalue weighted by atomic mass is 32.1. The molecule has 2 heterocycles. The molecular weight excluding hydrogens is 471 g/mol. The number of aryl methyl sites for hydroxylation is 3. The van der Waals surface area contributed by atoms with E-state index in [1.54, 1.807) is 13.0 Å². The SMILES string of the molecule is CCc1ccc(C2NC(=S)N(c3ccc(C)c(F)c3)C(C)=C2c2nc(-c3cccc(C)c3)no2)cc1. The first-order chi connectivity index (χ1) is 17.4. The number of nitrogens with zero attached hydrogens (tertiary/aromatic N) is 3. The van der Waals surface area contributed by atoms with Crippen LogP contribution in [0.2, 0.25) is 0 Å². The van der Waals surface area contributed by atoms with Crippen LogP contribution in [0.1, 0.15) is 48.0 Å². The minimum atomic E-state index is -0.305. The Morgan fingerprint density at radius 1 is 1.03 bits per heavy atom. The van der Waals surface area contributed by atoms with Crippen LogP contribution in [0.5, 0.6) is 0 Å². The quantitative estimate of drug-likeness (QED) is 0.301. The number of benzene rings is 3. The van der Waals surface area contributed by atoms with Gasteiger partial charge in [0, 0.05) is 11.3 Å². The molecule has 0 radical (unpaired) electrons. The fourth-order valence-corrected chi connectivity index (χ4v) is 4.84. The van der Waals surface area contributed by atoms with Crippen LogP contribution in [0, 0.1) is 19.7 Å². The lowest BCUT2D eigenvalue weighted by atomic mass is 9.93. The molecule has 0 amide bonds. The Bertz CT molecular complexity index is 1470. The summed E-state index contributed by atoms with van der Waals surface area (Å²) in [6.07, 6.45) is 0.953. The largest absolute Gasteiger partial charge is 0.351 e. The van der Waals surface area contributed by atoms with Gasteiger partial charge in [-0.15, -0.1) is 0 Å². The third-order valence-corrected chi connectivity index (χ3v) is 6.85. The van der Waals surface area contributed by atoms with Gasteiger partial charge in [0.1, 0.15) is 5.82 Å². The first-order valence-corrected chi connectivity index (χ1v) is 12.3. The highest BCUT2D eigenvalue weighted by Gasteiger charge is 2.35. The normalized spacial score (nSPS) is 15.9. The number of halogens is 1. The Balaban J connectivity index is 1.65. The van der Waals surface area contributed by atoms with Crippen molar-refractivity contribution in [2.24, 2.45) is 0 Å². The maximum Gasteiger partial charge on any atom is 0.258 e. The lowest BCUT2D eigenvalue weighted by molar-refractivity contribution is 0.404. The Labute approximate surface area is 215 Å². The molecular formula is C29H27FN4OS. The van der Waals surface area contributed by atoms with Crippen molar-refractivity contribution in [1.82, 2.24) is 15.5 Å². The van der Waals surface area contributed by atoms with Gasteiger partial charge in [0.2, 0.25) is 5.82 Å². The van der Waals surface area contributed by atoms with E-state index >= 15 is 0 Å². The van der Waals surface area contributed by atoms with E-state index in [4.69, 9.17) is 21.7 Å². The van der Waals surface area contributed by atoms with Crippen LogP contribution in [-0.4, -0.2) is 15.3 Å². The van der Waals surface area contributed by atoms with Gasteiger partial charge in [0.05, 0.1) is 17.3 Å². The summed E-state index contributed by atoms with van der Waals surface area (Å²) < 4.78 is 20.3. The lowest BCUT2D eigenvalue weighted by Gasteiger charge is -2.37. The summed E-state index contributed by atoms with van der Waals surface area (Å²) in [5.74, 6) is 0.609. The van der Waals surface area contributed by atoms with Gasteiger partial charge >= 0.3 is 0 Å². The first-order valence-electron chi connectivity index (χ1n) is 11.9. The third kappa shape index (κ3) is 4.42. The Hall–Kier alpha value is -3.84. The zero-order valence-corrected chi connectivity index (χ0v) is 21.5. The second-order valence-electron chi connectivity index (χ2n) is 9.04. The topological polar surface area (TPSA) is 54.2 Å². The van der Waals surface area contributed by atoms with Crippen molar-refractivity contribution in [2.45, 2.75) is 40.2 Å². The molecule has 0 saturated heterocycles. The van der Waals surface area contributed by atoms with Crippen LogP contribution in [0.3, 0.4) is 0 Å². The predicted molar refractivity (Wildman–Crippen MR) is 145 cm³/mol. The molecule has 0 saturated carbocycles. The number of hydrogen-bond donors (Lipinski definition) is 1. The van der Waals surface area contributed by atoms with Gasteiger partial charge in [-0.3, -0.25) is 4.90 Å². The molecule has 0 spiro atoms. The minimum Gasteiger partial charge on any atom is -0.351 e. The summed E-state index contributed by atoms with van der Waals surface area (Å²) in [5, 5.41) is 8.19. The molecule has 5 nitrogen and oxygen atoms in total. The molecule has 0 bridgehead atoms. The molecule has 5 rings (SSSR count). The van der Waals surface area contributed by atoms with Crippen LogP contribution in [0.15, 0.2) is 77.0 Å². The van der Waals surface area contributed by atoms with Crippen LogP contribution < -0.4 is 10.2 Å². The van der Waals surface area contributed by atoms with Gasteiger partial charge < -0.3 is 9.84 Å². The second kappa shape index (κ2) is 9.66. The predicted octanol–water partition coefficient (Wildman–Crippen LogP) is 6.92. The summed E-state index contributed by atoms with van der Waals surface area (Å²) in [7, 11) is 0. The van der Waals surface area contributed by atoms with Gasteiger partial charge in [0.15, 0.2) is 5.11 Å². The highest BCUT2D eigenvalue weighted by molar-refractivity contribution is 7.80. The van der Waals surface area contributed by atoms with E-state index in [-0.39, 0.29) is 11.9 Å². The van der Waals surface area contributed by atoms with Crippen molar-refractivity contribution in [3.05, 3.63) is 106 Å². The van der Waals surface area contributed by atoms with E-state index in [9.17, 15) is 4.39 Å². The molecule has 0 fully saturated rings. The zero-order valence-electron chi connectivity index (χ0n) is 20.7. The van der Waals surface area contributed by atoms with Gasteiger partial charge in [-0.2, -0.15) is 4.98 Å². The number of rotatable bonds is 5. The van der Waals surface area contributed by atoms with Crippen molar-refractivity contribution in [3.8, 4) is 11.4 Å². The van der Waals surface area contributed by atoms with Crippen LogP contribution in [0.4, 0.5) is 10.1 Å². The third-order valence-electron chi connectivity index (χ3n) is 6.55. The van der Waals surface area contributed by atoms with Gasteiger partial charge in [-0.1, -0.05) is 66.2 Å². The Morgan fingerprint density at radius 3 is 2.50 bits per heavy atom. The number of nitrogens with one attached hydrogen (secondary N) is 1. The average molecular weight is 499 g/mol. The smallest absolute Gasteiger partial charge is 0.258 e. The molecule has 1 unspecified atom stereocenters. The summed E-state index contributed by atoms with van der Waals surface area (Å²) >= 11 is 5.78. The summed E-state index contributed by atoms with van der Waals surface area (Å²) in [6, 6.07) is 21.2. The summed E-state index contributed by atoms with van der Waals surface area (Å²) in [4.78, 5) is 6.59. The summed E-state index contributed by atoms with van der Waals surface area (Å²) in [6.45, 7) is 7.84. The van der Waals surface area contributed by atoms with E-state index in [1.165, 1.54) is 11.6 Å². The van der Waals surface area contributed by atoms with Gasteiger partial charge in [-0.25, -0.2) is 4.39 Å². The molecule has 7 heteroatoms. The summed E-state index contributed by atoms with van der Waals surface area (Å²) in [5.41, 5.74) is 7.05. The van der Waals surface area contributed by atoms with E-state index in [0.717, 1.165) is 34.4 Å². The molecule has 182 valence electrons.